The molecule has 0 aliphatic rings. The number of halogens is 4. The van der Waals surface area contributed by atoms with Crippen LogP contribution in [-0.4, -0.2) is 15.0 Å². The van der Waals surface area contributed by atoms with E-state index in [0.29, 0.717) is 10.2 Å². The molecule has 0 radical (unpaired) electrons. The van der Waals surface area contributed by atoms with Gasteiger partial charge in [-0.15, -0.1) is 5.10 Å². The van der Waals surface area contributed by atoms with Crippen molar-refractivity contribution in [2.24, 2.45) is 5.73 Å². The van der Waals surface area contributed by atoms with Crippen molar-refractivity contribution < 1.29 is 13.2 Å². The second kappa shape index (κ2) is 6.15. The lowest BCUT2D eigenvalue weighted by atomic mass is 10.1. The van der Waals surface area contributed by atoms with E-state index >= 15 is 0 Å². The highest BCUT2D eigenvalue weighted by atomic mass is 79.9. The molecule has 1 aromatic heterocycles. The van der Waals surface area contributed by atoms with E-state index < -0.39 is 11.7 Å². The number of nitrogens with two attached hydrogens (primary N) is 1. The summed E-state index contributed by atoms with van der Waals surface area (Å²) in [5.41, 5.74) is 6.01. The maximum absolute atomic E-state index is 12.8. The predicted molar refractivity (Wildman–Crippen MR) is 75.9 cm³/mol. The van der Waals surface area contributed by atoms with Gasteiger partial charge < -0.3 is 5.73 Å². The Morgan fingerprint density at radius 1 is 1.33 bits per heavy atom. The molecule has 4 nitrogen and oxygen atoms in total. The fourth-order valence-corrected chi connectivity index (χ4v) is 2.38. The Labute approximate surface area is 128 Å². The third-order valence-electron chi connectivity index (χ3n) is 2.97. The van der Waals surface area contributed by atoms with Crippen LogP contribution in [0.15, 0.2) is 28.9 Å². The predicted octanol–water partition coefficient (Wildman–Crippen LogP) is 3.85. The van der Waals surface area contributed by atoms with Crippen molar-refractivity contribution in [3.05, 3.63) is 40.1 Å². The molecule has 8 heteroatoms. The van der Waals surface area contributed by atoms with Crippen molar-refractivity contribution in [1.82, 2.24) is 15.0 Å². The quantitative estimate of drug-likeness (QED) is 0.898. The van der Waals surface area contributed by atoms with E-state index in [-0.39, 0.29) is 11.7 Å². The molecule has 0 amide bonds. The molecule has 0 aliphatic heterocycles. The first-order valence-corrected chi connectivity index (χ1v) is 7.16. The van der Waals surface area contributed by atoms with Crippen LogP contribution in [0.5, 0.6) is 0 Å². The molecule has 1 aromatic carbocycles. The number of hydrogen-bond acceptors (Lipinski definition) is 3. The van der Waals surface area contributed by atoms with Crippen LogP contribution >= 0.6 is 15.9 Å². The average Bonchev–Trinajstić information content (AvgIpc) is 2.87. The van der Waals surface area contributed by atoms with Crippen molar-refractivity contribution in [3.63, 3.8) is 0 Å². The Morgan fingerprint density at radius 3 is 2.67 bits per heavy atom. The largest absolute Gasteiger partial charge is 0.416 e. The van der Waals surface area contributed by atoms with Gasteiger partial charge in [-0.3, -0.25) is 0 Å². The van der Waals surface area contributed by atoms with Crippen molar-refractivity contribution in [2.45, 2.75) is 32.0 Å². The van der Waals surface area contributed by atoms with E-state index in [4.69, 9.17) is 5.73 Å². The lowest BCUT2D eigenvalue weighted by Crippen LogP contribution is -2.10. The highest BCUT2D eigenvalue weighted by Crippen LogP contribution is 2.32. The van der Waals surface area contributed by atoms with Crippen LogP contribution in [-0.2, 0) is 6.18 Å². The van der Waals surface area contributed by atoms with Gasteiger partial charge in [-0.1, -0.05) is 34.5 Å². The lowest BCUT2D eigenvalue weighted by molar-refractivity contribution is -0.137. The summed E-state index contributed by atoms with van der Waals surface area (Å²) in [4.78, 5) is 0. The Balaban J connectivity index is 2.36. The Morgan fingerprint density at radius 2 is 2.05 bits per heavy atom. The molecular formula is C13H14BrF3N4. The standard InChI is InChI=1S/C13H14BrF3N4/c1-2-3-11(18)12-7-21(20-19-12)10-5-8(13(15,16)17)4-9(14)6-10/h4-7,11H,2-3,18H2,1H3. The monoisotopic (exact) mass is 362 g/mol. The zero-order valence-corrected chi connectivity index (χ0v) is 12.8. The molecule has 114 valence electrons. The summed E-state index contributed by atoms with van der Waals surface area (Å²) in [6.45, 7) is 1.99. The smallest absolute Gasteiger partial charge is 0.323 e. The van der Waals surface area contributed by atoms with Gasteiger partial charge in [0.2, 0.25) is 0 Å². The van der Waals surface area contributed by atoms with Crippen molar-refractivity contribution >= 4 is 15.9 Å². The van der Waals surface area contributed by atoms with Crippen LogP contribution in [0, 0.1) is 0 Å². The molecule has 0 spiro atoms. The first-order valence-electron chi connectivity index (χ1n) is 6.37. The fourth-order valence-electron chi connectivity index (χ4n) is 1.90. The number of hydrogen-bond donors (Lipinski definition) is 1. The maximum atomic E-state index is 12.8. The van der Waals surface area contributed by atoms with E-state index in [9.17, 15) is 13.2 Å². The molecule has 0 saturated carbocycles. The third kappa shape index (κ3) is 3.82. The SMILES string of the molecule is CCCC(N)c1cn(-c2cc(Br)cc(C(F)(F)F)c2)nn1. The summed E-state index contributed by atoms with van der Waals surface area (Å²) in [5, 5.41) is 7.78. The van der Waals surface area contributed by atoms with Gasteiger partial charge in [0.15, 0.2) is 0 Å². The lowest BCUT2D eigenvalue weighted by Gasteiger charge is -2.09. The zero-order chi connectivity index (χ0) is 15.6. The van der Waals surface area contributed by atoms with E-state index in [1.807, 2.05) is 6.92 Å². The maximum Gasteiger partial charge on any atom is 0.416 e. The van der Waals surface area contributed by atoms with Gasteiger partial charge >= 0.3 is 6.18 Å². The van der Waals surface area contributed by atoms with Gasteiger partial charge in [-0.25, -0.2) is 4.68 Å². The van der Waals surface area contributed by atoms with Gasteiger partial charge in [-0.05, 0) is 24.6 Å². The number of nitrogens with zero attached hydrogens (tertiary/aromatic N) is 3. The van der Waals surface area contributed by atoms with Crippen LogP contribution in [0.2, 0.25) is 0 Å². The van der Waals surface area contributed by atoms with Gasteiger partial charge in [0.25, 0.3) is 0 Å². The van der Waals surface area contributed by atoms with E-state index in [2.05, 4.69) is 26.2 Å². The van der Waals surface area contributed by atoms with Crippen molar-refractivity contribution in [3.8, 4) is 5.69 Å². The van der Waals surface area contributed by atoms with Crippen molar-refractivity contribution in [2.75, 3.05) is 0 Å². The molecule has 1 unspecified atom stereocenters. The van der Waals surface area contributed by atoms with Crippen molar-refractivity contribution in [1.29, 1.82) is 0 Å². The van der Waals surface area contributed by atoms with Crippen LogP contribution < -0.4 is 5.73 Å². The Hall–Kier alpha value is -1.41. The minimum atomic E-state index is -4.42. The van der Waals surface area contributed by atoms with Crippen LogP contribution in [0.3, 0.4) is 0 Å². The van der Waals surface area contributed by atoms with Crippen LogP contribution in [0.1, 0.15) is 37.1 Å². The summed E-state index contributed by atoms with van der Waals surface area (Å²) in [7, 11) is 0. The molecule has 1 atom stereocenters. The molecule has 2 rings (SSSR count). The summed E-state index contributed by atoms with van der Waals surface area (Å²) in [6.07, 6.45) is -1.23. The number of alkyl halides is 3. The first kappa shape index (κ1) is 16.0. The normalized spacial score (nSPS) is 13.4. The van der Waals surface area contributed by atoms with Crippen LogP contribution in [0.25, 0.3) is 5.69 Å². The van der Waals surface area contributed by atoms with Gasteiger partial charge in [-0.2, -0.15) is 13.2 Å². The first-order chi connectivity index (χ1) is 9.81. The van der Waals surface area contributed by atoms with Gasteiger partial charge in [0.1, 0.15) is 0 Å². The summed E-state index contributed by atoms with van der Waals surface area (Å²) in [6, 6.07) is 3.32. The summed E-state index contributed by atoms with van der Waals surface area (Å²) < 4.78 is 40.1. The van der Waals surface area contributed by atoms with E-state index in [1.54, 1.807) is 12.3 Å². The Kier molecular flexibility index (Phi) is 4.67. The average molecular weight is 363 g/mol. The number of benzene rings is 1. The Bertz CT molecular complexity index is 624. The molecule has 0 fully saturated rings. The number of rotatable bonds is 4. The topological polar surface area (TPSA) is 56.7 Å². The summed E-state index contributed by atoms with van der Waals surface area (Å²) >= 11 is 3.08. The van der Waals surface area contributed by atoms with Crippen LogP contribution in [0.4, 0.5) is 13.2 Å². The highest BCUT2D eigenvalue weighted by molar-refractivity contribution is 9.10. The summed E-state index contributed by atoms with van der Waals surface area (Å²) in [5.74, 6) is 0. The second-order valence-corrected chi connectivity index (χ2v) is 5.59. The van der Waals surface area contributed by atoms with Gasteiger partial charge in [0.05, 0.1) is 29.2 Å². The van der Waals surface area contributed by atoms with Gasteiger partial charge in [0, 0.05) is 4.47 Å². The molecule has 1 heterocycles. The fraction of sp³-hybridized carbons (Fsp3) is 0.385. The molecule has 2 N–H and O–H groups in total. The number of aromatic nitrogens is 3. The molecule has 0 aliphatic carbocycles. The minimum absolute atomic E-state index is 0.266. The highest BCUT2D eigenvalue weighted by Gasteiger charge is 2.31. The molecular weight excluding hydrogens is 349 g/mol. The molecule has 0 saturated heterocycles. The molecule has 0 bridgehead atoms. The molecule has 2 aromatic rings. The zero-order valence-electron chi connectivity index (χ0n) is 11.2. The van der Waals surface area contributed by atoms with E-state index in [0.717, 1.165) is 25.0 Å². The minimum Gasteiger partial charge on any atom is -0.323 e. The molecule has 21 heavy (non-hydrogen) atoms. The third-order valence-corrected chi connectivity index (χ3v) is 3.42. The van der Waals surface area contributed by atoms with E-state index in [1.165, 1.54) is 4.68 Å². The second-order valence-electron chi connectivity index (χ2n) is 4.68.